The number of amidine groups is 1. The quantitative estimate of drug-likeness (QED) is 0.308. The van der Waals surface area contributed by atoms with E-state index in [1.807, 2.05) is 0 Å². The number of anilines is 1. The monoisotopic (exact) mass is 538 g/mol. The van der Waals surface area contributed by atoms with E-state index in [0.29, 0.717) is 21.3 Å². The van der Waals surface area contributed by atoms with Crippen LogP contribution in [0.3, 0.4) is 0 Å². The molecule has 0 bridgehead atoms. The summed E-state index contributed by atoms with van der Waals surface area (Å²) in [5.74, 6) is -1.92. The fourth-order valence-electron chi connectivity index (χ4n) is 4.09. The summed E-state index contributed by atoms with van der Waals surface area (Å²) in [7, 11) is 0. The van der Waals surface area contributed by atoms with Gasteiger partial charge in [-0.05, 0) is 30.7 Å². The summed E-state index contributed by atoms with van der Waals surface area (Å²) >= 11 is 0.883. The molecule has 0 spiro atoms. The van der Waals surface area contributed by atoms with Crippen molar-refractivity contribution < 1.29 is 27.5 Å². The van der Waals surface area contributed by atoms with Crippen molar-refractivity contribution in [3.63, 3.8) is 0 Å². The number of benzene rings is 3. The number of aliphatic imine (C=N–C) groups is 1. The third-order valence-electron chi connectivity index (χ3n) is 5.90. The number of ether oxygens (including phenoxy) is 1. The molecule has 2 heterocycles. The Kier molecular flexibility index (Phi) is 6.62. The highest BCUT2D eigenvalue weighted by Gasteiger charge is 2.66. The zero-order valence-corrected chi connectivity index (χ0v) is 20.8. The van der Waals surface area contributed by atoms with Crippen LogP contribution in [0.2, 0.25) is 0 Å². The van der Waals surface area contributed by atoms with Crippen LogP contribution in [0.1, 0.15) is 28.4 Å². The second-order valence-electron chi connectivity index (χ2n) is 8.43. The zero-order valence-electron chi connectivity index (χ0n) is 20.0. The first-order valence-electron chi connectivity index (χ1n) is 11.7. The van der Waals surface area contributed by atoms with Gasteiger partial charge in [-0.15, -0.1) is 0 Å². The molecule has 0 unspecified atom stereocenters. The Balaban J connectivity index is 1.57. The smallest absolute Gasteiger partial charge is 0.442 e. The highest BCUT2D eigenvalue weighted by Crippen LogP contribution is 2.42. The Morgan fingerprint density at radius 3 is 2.39 bits per heavy atom. The number of hydrogen-bond donors (Lipinski definition) is 1. The van der Waals surface area contributed by atoms with Crippen LogP contribution < -0.4 is 5.32 Å². The minimum atomic E-state index is -5.09. The van der Waals surface area contributed by atoms with E-state index in [9.17, 15) is 22.8 Å². The van der Waals surface area contributed by atoms with Crippen molar-refractivity contribution in [3.8, 4) is 0 Å². The summed E-state index contributed by atoms with van der Waals surface area (Å²) in [6, 6.07) is 21.5. The molecule has 38 heavy (non-hydrogen) atoms. The van der Waals surface area contributed by atoms with E-state index in [1.54, 1.807) is 67.6 Å². The SMILES string of the molecule is CCOC(=O)c1ccc2nc(N[C@]3(C(F)(F)F)N=C(c4ccccc4)N(Cc4ccccc4)C3=O)sc2c1. The molecule has 5 rings (SSSR count). The summed E-state index contributed by atoms with van der Waals surface area (Å²) < 4.78 is 49.7. The first kappa shape index (κ1) is 25.4. The largest absolute Gasteiger partial charge is 0.462 e. The van der Waals surface area contributed by atoms with Gasteiger partial charge >= 0.3 is 17.8 Å². The van der Waals surface area contributed by atoms with Gasteiger partial charge in [-0.1, -0.05) is 72.0 Å². The molecule has 1 amide bonds. The van der Waals surface area contributed by atoms with Crippen molar-refractivity contribution in [3.05, 3.63) is 95.6 Å². The van der Waals surface area contributed by atoms with Crippen LogP contribution in [0.5, 0.6) is 0 Å². The highest BCUT2D eigenvalue weighted by molar-refractivity contribution is 7.22. The lowest BCUT2D eigenvalue weighted by Crippen LogP contribution is -2.57. The molecule has 3 aromatic carbocycles. The molecule has 194 valence electrons. The molecule has 1 N–H and O–H groups in total. The maximum Gasteiger partial charge on any atom is 0.442 e. The number of fused-ring (bicyclic) bond motifs is 1. The number of aromatic nitrogens is 1. The third-order valence-corrected chi connectivity index (χ3v) is 6.83. The van der Waals surface area contributed by atoms with Crippen LogP contribution in [-0.4, -0.2) is 46.0 Å². The van der Waals surface area contributed by atoms with Crippen molar-refractivity contribution in [2.45, 2.75) is 25.3 Å². The molecule has 1 atom stereocenters. The topological polar surface area (TPSA) is 83.9 Å². The Hall–Kier alpha value is -4.25. The Bertz CT molecular complexity index is 1520. The van der Waals surface area contributed by atoms with E-state index in [-0.39, 0.29) is 29.7 Å². The van der Waals surface area contributed by atoms with Gasteiger partial charge in [0.05, 0.1) is 28.9 Å². The second-order valence-corrected chi connectivity index (χ2v) is 9.46. The molecule has 0 aliphatic carbocycles. The maximum absolute atomic E-state index is 14.8. The van der Waals surface area contributed by atoms with Gasteiger partial charge in [-0.2, -0.15) is 13.2 Å². The van der Waals surface area contributed by atoms with Crippen LogP contribution in [0, 0.1) is 0 Å². The van der Waals surface area contributed by atoms with E-state index < -0.39 is 23.7 Å². The first-order valence-corrected chi connectivity index (χ1v) is 12.5. The summed E-state index contributed by atoms with van der Waals surface area (Å²) in [5, 5.41) is 2.15. The number of halogens is 3. The lowest BCUT2D eigenvalue weighted by atomic mass is 10.1. The number of nitrogens with zero attached hydrogens (tertiary/aromatic N) is 3. The highest BCUT2D eigenvalue weighted by atomic mass is 32.1. The van der Waals surface area contributed by atoms with Crippen LogP contribution >= 0.6 is 11.3 Å². The number of amides is 1. The van der Waals surface area contributed by atoms with E-state index in [1.165, 1.54) is 18.2 Å². The fourth-order valence-corrected chi connectivity index (χ4v) is 5.05. The van der Waals surface area contributed by atoms with Gasteiger partial charge in [-0.25, -0.2) is 14.8 Å². The molecule has 1 aliphatic rings. The van der Waals surface area contributed by atoms with Gasteiger partial charge in [-0.3, -0.25) is 9.69 Å². The third kappa shape index (κ3) is 4.60. The van der Waals surface area contributed by atoms with Gasteiger partial charge in [0.2, 0.25) is 0 Å². The second kappa shape index (κ2) is 9.90. The van der Waals surface area contributed by atoms with Crippen LogP contribution in [0.25, 0.3) is 10.2 Å². The number of thiazole rings is 1. The molecule has 1 aliphatic heterocycles. The Morgan fingerprint density at radius 1 is 1.05 bits per heavy atom. The van der Waals surface area contributed by atoms with Crippen LogP contribution in [-0.2, 0) is 16.1 Å². The van der Waals surface area contributed by atoms with Crippen LogP contribution in [0.4, 0.5) is 18.3 Å². The zero-order chi connectivity index (χ0) is 26.9. The van der Waals surface area contributed by atoms with Gasteiger partial charge in [0.25, 0.3) is 5.91 Å². The minimum Gasteiger partial charge on any atom is -0.462 e. The van der Waals surface area contributed by atoms with Gasteiger partial charge in [0.1, 0.15) is 5.84 Å². The fraction of sp³-hybridized carbons (Fsp3) is 0.185. The lowest BCUT2D eigenvalue weighted by Gasteiger charge is -2.29. The number of nitrogens with one attached hydrogen (secondary N) is 1. The van der Waals surface area contributed by atoms with Crippen molar-refractivity contribution >= 4 is 44.4 Å². The molecule has 7 nitrogen and oxygen atoms in total. The summed E-state index contributed by atoms with van der Waals surface area (Å²) in [4.78, 5) is 35.0. The maximum atomic E-state index is 14.8. The number of carbonyl (C=O) groups excluding carboxylic acids is 2. The predicted molar refractivity (Wildman–Crippen MR) is 138 cm³/mol. The van der Waals surface area contributed by atoms with Gasteiger partial charge < -0.3 is 10.1 Å². The summed E-state index contributed by atoms with van der Waals surface area (Å²) in [6.45, 7) is 1.76. The standard InChI is InChI=1S/C27H21F3N4O3S/c1-2-37-23(35)19-13-14-20-21(15-19)38-25(31-20)33-26(27(28,29)30)24(36)34(16-17-9-5-3-6-10-17)22(32-26)18-11-7-4-8-12-18/h3-15H,2,16H2,1H3,(H,31,33)/t26-/m1/s1. The Morgan fingerprint density at radius 2 is 1.74 bits per heavy atom. The number of carbonyl (C=O) groups is 2. The van der Waals surface area contributed by atoms with Crippen molar-refractivity contribution in [2.75, 3.05) is 11.9 Å². The molecular weight excluding hydrogens is 517 g/mol. The number of rotatable bonds is 7. The van der Waals surface area contributed by atoms with Crippen LogP contribution in [0.15, 0.2) is 83.9 Å². The van der Waals surface area contributed by atoms with Crippen molar-refractivity contribution in [1.29, 1.82) is 0 Å². The van der Waals surface area contributed by atoms with Crippen molar-refractivity contribution in [2.24, 2.45) is 4.99 Å². The van der Waals surface area contributed by atoms with E-state index in [0.717, 1.165) is 16.2 Å². The molecule has 4 aromatic rings. The normalized spacial score (nSPS) is 17.5. The minimum absolute atomic E-state index is 0.102. The molecule has 11 heteroatoms. The van der Waals surface area contributed by atoms with E-state index in [2.05, 4.69) is 15.3 Å². The van der Waals surface area contributed by atoms with Gasteiger partial charge in [0.15, 0.2) is 5.13 Å². The summed E-state index contributed by atoms with van der Waals surface area (Å²) in [5.41, 5.74) is -1.66. The first-order chi connectivity index (χ1) is 18.2. The average molecular weight is 539 g/mol. The number of hydrogen-bond acceptors (Lipinski definition) is 7. The number of alkyl halides is 3. The Labute approximate surface area is 219 Å². The predicted octanol–water partition coefficient (Wildman–Crippen LogP) is 5.63. The molecule has 0 fully saturated rings. The van der Waals surface area contributed by atoms with E-state index in [4.69, 9.17) is 4.74 Å². The number of esters is 1. The lowest BCUT2D eigenvalue weighted by molar-refractivity contribution is -0.185. The molecule has 0 radical (unpaired) electrons. The average Bonchev–Trinajstić information content (AvgIpc) is 3.43. The van der Waals surface area contributed by atoms with E-state index >= 15 is 0 Å². The van der Waals surface area contributed by atoms with Gasteiger partial charge in [0, 0.05) is 5.56 Å². The molecule has 0 saturated carbocycles. The molecule has 0 saturated heterocycles. The van der Waals surface area contributed by atoms with Crippen molar-refractivity contribution in [1.82, 2.24) is 9.88 Å². The molecular formula is C27H21F3N4O3S. The summed E-state index contributed by atoms with van der Waals surface area (Å²) in [6.07, 6.45) is -5.09. The molecule has 1 aromatic heterocycles.